The second-order valence-corrected chi connectivity index (χ2v) is 6.31. The van der Waals surface area contributed by atoms with Crippen LogP contribution in [0.5, 0.6) is 0 Å². The first-order valence-electron chi connectivity index (χ1n) is 6.80. The van der Waals surface area contributed by atoms with Gasteiger partial charge in [-0.15, -0.1) is 0 Å². The number of carbonyl (C=O) groups excluding carboxylic acids is 1. The third-order valence-corrected chi connectivity index (χ3v) is 5.18. The van der Waals surface area contributed by atoms with E-state index in [2.05, 4.69) is 11.6 Å². The minimum absolute atomic E-state index is 0.00847. The van der Waals surface area contributed by atoms with Crippen LogP contribution >= 0.6 is 11.8 Å². The number of amides is 1. The summed E-state index contributed by atoms with van der Waals surface area (Å²) >= 11 is 1.94. The van der Waals surface area contributed by atoms with Gasteiger partial charge in [-0.25, -0.2) is 0 Å². The second-order valence-electron chi connectivity index (χ2n) is 5.23. The fourth-order valence-corrected chi connectivity index (χ4v) is 3.95. The summed E-state index contributed by atoms with van der Waals surface area (Å²) in [6.07, 6.45) is 8.35. The van der Waals surface area contributed by atoms with Gasteiger partial charge in [-0.05, 0) is 38.9 Å². The summed E-state index contributed by atoms with van der Waals surface area (Å²) in [6.45, 7) is 3.94. The lowest BCUT2D eigenvalue weighted by Crippen LogP contribution is -2.49. The highest BCUT2D eigenvalue weighted by atomic mass is 32.2. The molecule has 0 radical (unpaired) electrons. The lowest BCUT2D eigenvalue weighted by Gasteiger charge is -2.26. The molecule has 1 amide bonds. The van der Waals surface area contributed by atoms with E-state index in [0.717, 1.165) is 13.1 Å². The van der Waals surface area contributed by atoms with E-state index in [1.807, 2.05) is 23.6 Å². The number of nitrogens with zero attached hydrogens (tertiary/aromatic N) is 1. The molecule has 0 spiro atoms. The summed E-state index contributed by atoms with van der Waals surface area (Å²) in [5, 5.41) is 4.24. The lowest BCUT2D eigenvalue weighted by atomic mass is 10.2. The van der Waals surface area contributed by atoms with Gasteiger partial charge in [-0.1, -0.05) is 6.42 Å². The minimum atomic E-state index is -0.00847. The second kappa shape index (κ2) is 6.10. The van der Waals surface area contributed by atoms with Gasteiger partial charge in [0.05, 0.1) is 6.04 Å². The molecule has 1 heterocycles. The van der Waals surface area contributed by atoms with E-state index in [9.17, 15) is 4.79 Å². The molecule has 4 heteroatoms. The number of thioether (sulfide) groups is 1. The molecule has 1 aliphatic carbocycles. The van der Waals surface area contributed by atoms with Gasteiger partial charge in [0.25, 0.3) is 0 Å². The van der Waals surface area contributed by atoms with E-state index in [1.165, 1.54) is 32.1 Å². The number of rotatable bonds is 4. The Morgan fingerprint density at radius 3 is 2.65 bits per heavy atom. The number of carbonyl (C=O) groups is 1. The van der Waals surface area contributed by atoms with E-state index in [4.69, 9.17) is 0 Å². The van der Waals surface area contributed by atoms with Crippen LogP contribution in [0.15, 0.2) is 0 Å². The molecule has 1 saturated carbocycles. The SMILES string of the molecule is CSC1CCCC1NC(C)C(=O)N1CCCC1. The van der Waals surface area contributed by atoms with Crippen LogP contribution in [0.4, 0.5) is 0 Å². The van der Waals surface area contributed by atoms with Crippen molar-refractivity contribution < 1.29 is 4.79 Å². The molecule has 2 rings (SSSR count). The number of nitrogens with one attached hydrogen (secondary N) is 1. The Labute approximate surface area is 109 Å². The average Bonchev–Trinajstić information content (AvgIpc) is 2.98. The van der Waals surface area contributed by atoms with Crippen molar-refractivity contribution >= 4 is 17.7 Å². The van der Waals surface area contributed by atoms with Crippen LogP contribution in [0.25, 0.3) is 0 Å². The first kappa shape index (κ1) is 13.2. The molecule has 3 atom stereocenters. The van der Waals surface area contributed by atoms with Gasteiger partial charge in [-0.2, -0.15) is 11.8 Å². The Morgan fingerprint density at radius 1 is 1.29 bits per heavy atom. The first-order chi connectivity index (χ1) is 8.22. The van der Waals surface area contributed by atoms with Crippen LogP contribution in [0, 0.1) is 0 Å². The van der Waals surface area contributed by atoms with Gasteiger partial charge in [0, 0.05) is 24.4 Å². The van der Waals surface area contributed by atoms with Gasteiger partial charge in [0.15, 0.2) is 0 Å². The Hall–Kier alpha value is -0.220. The van der Waals surface area contributed by atoms with Crippen LogP contribution in [0.3, 0.4) is 0 Å². The molecule has 2 fully saturated rings. The lowest BCUT2D eigenvalue weighted by molar-refractivity contribution is -0.132. The standard InChI is InChI=1S/C13H24N2OS/c1-10(13(16)15-8-3-4-9-15)14-11-6-5-7-12(11)17-2/h10-12,14H,3-9H2,1-2H3. The third kappa shape index (κ3) is 3.16. The zero-order chi connectivity index (χ0) is 12.3. The summed E-state index contributed by atoms with van der Waals surface area (Å²) in [4.78, 5) is 14.2. The third-order valence-electron chi connectivity index (χ3n) is 4.01. The summed E-state index contributed by atoms with van der Waals surface area (Å²) in [6, 6.07) is 0.525. The van der Waals surface area contributed by atoms with Gasteiger partial charge >= 0.3 is 0 Å². The number of hydrogen-bond donors (Lipinski definition) is 1. The molecular formula is C13H24N2OS. The molecule has 0 bridgehead atoms. The molecule has 0 aromatic heterocycles. The summed E-state index contributed by atoms with van der Waals surface area (Å²) in [5.74, 6) is 0.300. The van der Waals surface area contributed by atoms with Crippen LogP contribution in [-0.2, 0) is 4.79 Å². The quantitative estimate of drug-likeness (QED) is 0.833. The van der Waals surface area contributed by atoms with Crippen LogP contribution < -0.4 is 5.32 Å². The fourth-order valence-electron chi connectivity index (χ4n) is 3.00. The molecule has 17 heavy (non-hydrogen) atoms. The van der Waals surface area contributed by atoms with Gasteiger partial charge in [0.1, 0.15) is 0 Å². The Bertz CT molecular complexity index is 266. The maximum Gasteiger partial charge on any atom is 0.239 e. The van der Waals surface area contributed by atoms with Crippen molar-refractivity contribution in [1.29, 1.82) is 0 Å². The van der Waals surface area contributed by atoms with Crippen molar-refractivity contribution in [2.75, 3.05) is 19.3 Å². The molecule has 1 N–H and O–H groups in total. The largest absolute Gasteiger partial charge is 0.341 e. The maximum atomic E-state index is 12.2. The van der Waals surface area contributed by atoms with Gasteiger partial charge in [-0.3, -0.25) is 4.79 Å². The van der Waals surface area contributed by atoms with Crippen molar-refractivity contribution in [2.24, 2.45) is 0 Å². The van der Waals surface area contributed by atoms with Crippen molar-refractivity contribution in [3.63, 3.8) is 0 Å². The monoisotopic (exact) mass is 256 g/mol. The van der Waals surface area contributed by atoms with Gasteiger partial charge < -0.3 is 10.2 Å². The zero-order valence-corrected chi connectivity index (χ0v) is 11.8. The van der Waals surface area contributed by atoms with Crippen molar-refractivity contribution in [2.45, 2.75) is 56.4 Å². The first-order valence-corrected chi connectivity index (χ1v) is 8.09. The molecule has 0 aromatic rings. The summed E-state index contributed by atoms with van der Waals surface area (Å²) < 4.78 is 0. The average molecular weight is 256 g/mol. The maximum absolute atomic E-state index is 12.2. The van der Waals surface area contributed by atoms with Gasteiger partial charge in [0.2, 0.25) is 5.91 Å². The highest BCUT2D eigenvalue weighted by Gasteiger charge is 2.30. The van der Waals surface area contributed by atoms with Crippen LogP contribution in [0.2, 0.25) is 0 Å². The highest BCUT2D eigenvalue weighted by molar-refractivity contribution is 7.99. The zero-order valence-electron chi connectivity index (χ0n) is 10.9. The summed E-state index contributed by atoms with van der Waals surface area (Å²) in [5.41, 5.74) is 0. The minimum Gasteiger partial charge on any atom is -0.341 e. The molecule has 3 nitrogen and oxygen atoms in total. The van der Waals surface area contributed by atoms with E-state index < -0.39 is 0 Å². The van der Waals surface area contributed by atoms with Crippen molar-refractivity contribution in [3.8, 4) is 0 Å². The van der Waals surface area contributed by atoms with E-state index in [-0.39, 0.29) is 6.04 Å². The van der Waals surface area contributed by atoms with E-state index in [0.29, 0.717) is 17.2 Å². The normalized spacial score (nSPS) is 30.8. The molecule has 2 aliphatic rings. The fraction of sp³-hybridized carbons (Fsp3) is 0.923. The number of likely N-dealkylation sites (tertiary alicyclic amines) is 1. The number of hydrogen-bond acceptors (Lipinski definition) is 3. The highest BCUT2D eigenvalue weighted by Crippen LogP contribution is 2.28. The van der Waals surface area contributed by atoms with Crippen LogP contribution in [0.1, 0.15) is 39.0 Å². The predicted octanol–water partition coefficient (Wildman–Crippen LogP) is 1.87. The molecule has 98 valence electrons. The van der Waals surface area contributed by atoms with E-state index >= 15 is 0 Å². The Morgan fingerprint density at radius 2 is 2.00 bits per heavy atom. The molecule has 0 aromatic carbocycles. The summed E-state index contributed by atoms with van der Waals surface area (Å²) in [7, 11) is 0. The topological polar surface area (TPSA) is 32.3 Å². The van der Waals surface area contributed by atoms with Crippen molar-refractivity contribution in [1.82, 2.24) is 10.2 Å². The molecule has 1 aliphatic heterocycles. The van der Waals surface area contributed by atoms with E-state index in [1.54, 1.807) is 0 Å². The smallest absolute Gasteiger partial charge is 0.239 e. The van der Waals surface area contributed by atoms with Crippen molar-refractivity contribution in [3.05, 3.63) is 0 Å². The molecular weight excluding hydrogens is 232 g/mol. The molecule has 1 saturated heterocycles. The van der Waals surface area contributed by atoms with Crippen LogP contribution in [-0.4, -0.2) is 47.5 Å². The predicted molar refractivity (Wildman–Crippen MR) is 73.4 cm³/mol. The Kier molecular flexibility index (Phi) is 4.74. The Balaban J connectivity index is 1.83. The molecule has 3 unspecified atom stereocenters.